The van der Waals surface area contributed by atoms with Crippen molar-refractivity contribution in [1.82, 2.24) is 0 Å². The van der Waals surface area contributed by atoms with E-state index in [2.05, 4.69) is 0 Å². The first-order valence-electron chi connectivity index (χ1n) is 7.28. The van der Waals surface area contributed by atoms with Gasteiger partial charge in [0.15, 0.2) is 0 Å². The van der Waals surface area contributed by atoms with Crippen LogP contribution in [0.3, 0.4) is 0 Å². The third-order valence-electron chi connectivity index (χ3n) is 3.50. The number of nitrogens with zero attached hydrogens (tertiary/aromatic N) is 1. The molecule has 1 aliphatic heterocycles. The van der Waals surface area contributed by atoms with E-state index in [4.69, 9.17) is 16.3 Å². The van der Waals surface area contributed by atoms with Gasteiger partial charge in [-0.05, 0) is 49.4 Å². The van der Waals surface area contributed by atoms with Crippen LogP contribution >= 0.6 is 23.4 Å². The Morgan fingerprint density at radius 1 is 1.22 bits per heavy atom. The van der Waals surface area contributed by atoms with Crippen molar-refractivity contribution in [3.8, 4) is 5.75 Å². The molecule has 5 heteroatoms. The Labute approximate surface area is 144 Å². The van der Waals surface area contributed by atoms with E-state index in [1.54, 1.807) is 0 Å². The van der Waals surface area contributed by atoms with Gasteiger partial charge in [-0.15, -0.1) is 0 Å². The molecule has 0 aromatic heterocycles. The molecule has 1 heterocycles. The highest BCUT2D eigenvalue weighted by Gasteiger charge is 2.27. The lowest BCUT2D eigenvalue weighted by Gasteiger charge is -2.14. The van der Waals surface area contributed by atoms with Crippen LogP contribution in [0.4, 0.5) is 5.69 Å². The zero-order valence-corrected chi connectivity index (χ0v) is 14.4. The molecule has 0 saturated carbocycles. The molecule has 0 amide bonds. The largest absolute Gasteiger partial charge is 0.494 e. The number of carbonyl (C=O) groups excluding carboxylic acids is 1. The number of hydrogen-bond acceptors (Lipinski definition) is 4. The van der Waals surface area contributed by atoms with Crippen LogP contribution in [-0.2, 0) is 0 Å². The minimum Gasteiger partial charge on any atom is -0.494 e. The predicted octanol–water partition coefficient (Wildman–Crippen LogP) is 5.00. The van der Waals surface area contributed by atoms with Crippen molar-refractivity contribution in [3.63, 3.8) is 0 Å². The smallest absolute Gasteiger partial charge is 0.202 e. The molecular formula is C18H16ClNO2S. The molecule has 0 N–H and O–H groups in total. The van der Waals surface area contributed by atoms with Crippen molar-refractivity contribution in [3.05, 3.63) is 64.2 Å². The van der Waals surface area contributed by atoms with Gasteiger partial charge >= 0.3 is 0 Å². The first-order chi connectivity index (χ1) is 11.1. The van der Waals surface area contributed by atoms with Crippen molar-refractivity contribution < 1.29 is 9.53 Å². The van der Waals surface area contributed by atoms with Crippen molar-refractivity contribution in [2.45, 2.75) is 11.8 Å². The van der Waals surface area contributed by atoms with E-state index in [1.165, 1.54) is 11.8 Å². The molecule has 0 atom stereocenters. The Morgan fingerprint density at radius 2 is 1.96 bits per heavy atom. The average molecular weight is 346 g/mol. The van der Waals surface area contributed by atoms with Gasteiger partial charge in [0, 0.05) is 34.4 Å². The summed E-state index contributed by atoms with van der Waals surface area (Å²) in [5.74, 6) is 0.764. The summed E-state index contributed by atoms with van der Waals surface area (Å²) < 4.78 is 5.47. The molecule has 118 valence electrons. The average Bonchev–Trinajstić information content (AvgIpc) is 2.84. The molecule has 3 nitrogen and oxygen atoms in total. The Hall–Kier alpha value is -1.91. The van der Waals surface area contributed by atoms with Gasteiger partial charge in [-0.25, -0.2) is 0 Å². The normalized spacial score (nSPS) is 14.9. The van der Waals surface area contributed by atoms with Gasteiger partial charge in [-0.3, -0.25) is 4.79 Å². The molecule has 0 unspecified atom stereocenters. The zero-order valence-electron chi connectivity index (χ0n) is 12.9. The molecule has 0 aliphatic carbocycles. The van der Waals surface area contributed by atoms with Crippen LogP contribution in [0.25, 0.3) is 0 Å². The number of anilines is 1. The number of fused-ring (bicyclic) bond motifs is 1. The number of carbonyl (C=O) groups is 1. The second-order valence-electron chi connectivity index (χ2n) is 5.10. The van der Waals surface area contributed by atoms with Crippen LogP contribution in [0.5, 0.6) is 5.75 Å². The Kier molecular flexibility index (Phi) is 4.64. The van der Waals surface area contributed by atoms with Crippen molar-refractivity contribution in [2.24, 2.45) is 0 Å². The highest BCUT2D eigenvalue weighted by Crippen LogP contribution is 2.41. The lowest BCUT2D eigenvalue weighted by molar-refractivity contribution is 0.104. The summed E-state index contributed by atoms with van der Waals surface area (Å²) in [4.78, 5) is 16.2. The predicted molar refractivity (Wildman–Crippen MR) is 95.7 cm³/mol. The summed E-state index contributed by atoms with van der Waals surface area (Å²) in [5, 5.41) is 0.692. The Morgan fingerprint density at radius 3 is 2.65 bits per heavy atom. The minimum atomic E-state index is 0.0346. The third kappa shape index (κ3) is 3.38. The lowest BCUT2D eigenvalue weighted by Crippen LogP contribution is -2.10. The molecule has 0 saturated heterocycles. The number of benzene rings is 2. The highest BCUT2D eigenvalue weighted by atomic mass is 35.5. The van der Waals surface area contributed by atoms with Crippen LogP contribution in [-0.4, -0.2) is 19.4 Å². The van der Waals surface area contributed by atoms with E-state index in [-0.39, 0.29) is 5.78 Å². The lowest BCUT2D eigenvalue weighted by atomic mass is 10.1. The van der Waals surface area contributed by atoms with E-state index < -0.39 is 0 Å². The number of ketones is 1. The maximum atomic E-state index is 12.6. The molecule has 0 fully saturated rings. The summed E-state index contributed by atoms with van der Waals surface area (Å²) in [6, 6.07) is 13.2. The molecule has 2 aromatic carbocycles. The van der Waals surface area contributed by atoms with Gasteiger partial charge in [-0.2, -0.15) is 0 Å². The van der Waals surface area contributed by atoms with Crippen LogP contribution < -0.4 is 9.64 Å². The Bertz CT molecular complexity index is 771. The molecule has 0 radical (unpaired) electrons. The van der Waals surface area contributed by atoms with E-state index in [0.29, 0.717) is 22.1 Å². The fourth-order valence-electron chi connectivity index (χ4n) is 2.34. The summed E-state index contributed by atoms with van der Waals surface area (Å²) in [5.41, 5.74) is 1.68. The second-order valence-corrected chi connectivity index (χ2v) is 6.62. The van der Waals surface area contributed by atoms with Gasteiger partial charge in [-0.1, -0.05) is 23.4 Å². The number of ether oxygens (including phenoxy) is 1. The molecule has 0 spiro atoms. The van der Waals surface area contributed by atoms with Crippen molar-refractivity contribution in [1.29, 1.82) is 0 Å². The quantitative estimate of drug-likeness (QED) is 0.729. The van der Waals surface area contributed by atoms with Gasteiger partial charge in [0.05, 0.1) is 11.5 Å². The molecule has 2 aromatic rings. The van der Waals surface area contributed by atoms with Gasteiger partial charge in [0.1, 0.15) is 5.75 Å². The topological polar surface area (TPSA) is 29.5 Å². The molecule has 23 heavy (non-hydrogen) atoms. The SMILES string of the molecule is CCOc1ccc2c(c1)C(=O)/C(=C/N(C)c1ccc(Cl)cc1)S2. The van der Waals surface area contributed by atoms with Crippen molar-refractivity contribution >= 4 is 34.8 Å². The minimum absolute atomic E-state index is 0.0346. The monoisotopic (exact) mass is 345 g/mol. The first kappa shape index (κ1) is 16.0. The molecule has 0 bridgehead atoms. The van der Waals surface area contributed by atoms with Crippen LogP contribution in [0.2, 0.25) is 5.02 Å². The number of rotatable bonds is 4. The third-order valence-corrected chi connectivity index (χ3v) is 4.83. The van der Waals surface area contributed by atoms with E-state index in [0.717, 1.165) is 16.3 Å². The van der Waals surface area contributed by atoms with Gasteiger partial charge in [0.25, 0.3) is 0 Å². The van der Waals surface area contributed by atoms with E-state index in [9.17, 15) is 4.79 Å². The molecule has 1 aliphatic rings. The van der Waals surface area contributed by atoms with Gasteiger partial charge < -0.3 is 9.64 Å². The maximum Gasteiger partial charge on any atom is 0.202 e. The van der Waals surface area contributed by atoms with Gasteiger partial charge in [0.2, 0.25) is 5.78 Å². The molecule has 3 rings (SSSR count). The van der Waals surface area contributed by atoms with Crippen molar-refractivity contribution in [2.75, 3.05) is 18.6 Å². The second kappa shape index (κ2) is 6.69. The first-order valence-corrected chi connectivity index (χ1v) is 8.47. The summed E-state index contributed by atoms with van der Waals surface area (Å²) >= 11 is 7.39. The zero-order chi connectivity index (χ0) is 16.4. The van der Waals surface area contributed by atoms with E-state index in [1.807, 2.05) is 67.5 Å². The number of hydrogen-bond donors (Lipinski definition) is 0. The Balaban J connectivity index is 1.84. The van der Waals surface area contributed by atoms with Crippen LogP contribution in [0, 0.1) is 0 Å². The van der Waals surface area contributed by atoms with Crippen LogP contribution in [0.1, 0.15) is 17.3 Å². The number of halogens is 1. The number of Topliss-reactive ketones (excluding diaryl/α,β-unsaturated/α-hetero) is 1. The fourth-order valence-corrected chi connectivity index (χ4v) is 3.52. The summed E-state index contributed by atoms with van der Waals surface area (Å²) in [7, 11) is 1.92. The summed E-state index contributed by atoms with van der Waals surface area (Å²) in [6.45, 7) is 2.51. The maximum absolute atomic E-state index is 12.6. The fraction of sp³-hybridized carbons (Fsp3) is 0.167. The van der Waals surface area contributed by atoms with Crippen LogP contribution in [0.15, 0.2) is 58.5 Å². The summed E-state index contributed by atoms with van der Waals surface area (Å²) in [6.07, 6.45) is 1.86. The molecular weight excluding hydrogens is 330 g/mol. The number of allylic oxidation sites excluding steroid dienone is 1. The number of thioether (sulfide) groups is 1. The van der Waals surface area contributed by atoms with E-state index >= 15 is 0 Å². The highest BCUT2D eigenvalue weighted by molar-refractivity contribution is 8.04. The standard InChI is InChI=1S/C18H16ClNO2S/c1-3-22-14-8-9-16-15(10-14)18(21)17(23-16)11-20(2)13-6-4-12(19)5-7-13/h4-11H,3H2,1-2H3/b17-11-.